The summed E-state index contributed by atoms with van der Waals surface area (Å²) in [6, 6.07) is 17.6. The maximum Gasteiger partial charge on any atom is 0.0979 e. The predicted molar refractivity (Wildman–Crippen MR) is 107 cm³/mol. The van der Waals surface area contributed by atoms with Gasteiger partial charge in [0.05, 0.1) is 22.3 Å². The second kappa shape index (κ2) is 8.65. The molecule has 2 rings (SSSR count). The summed E-state index contributed by atoms with van der Waals surface area (Å²) in [4.78, 5) is 1.39. The fourth-order valence-electron chi connectivity index (χ4n) is 2.96. The quantitative estimate of drug-likeness (QED) is 0.517. The van der Waals surface area contributed by atoms with Crippen molar-refractivity contribution in [1.29, 1.82) is 5.26 Å². The molecule has 0 aromatic heterocycles. The molecule has 0 saturated carbocycles. The second-order valence-corrected chi connectivity index (χ2v) is 7.96. The first kappa shape index (κ1) is 19.7. The Hall–Kier alpha value is -2.62. The topological polar surface area (TPSA) is 40.9 Å². The molecule has 0 amide bonds. The number of aryl methyl sites for hydroxylation is 1. The van der Waals surface area contributed by atoms with Gasteiger partial charge >= 0.3 is 0 Å². The zero-order valence-corrected chi connectivity index (χ0v) is 16.3. The molecule has 3 heteroatoms. The van der Waals surface area contributed by atoms with Crippen LogP contribution in [0.4, 0.5) is 0 Å². The van der Waals surface area contributed by atoms with Crippen LogP contribution in [0.2, 0.25) is 0 Å². The summed E-state index contributed by atoms with van der Waals surface area (Å²) in [5.74, 6) is 5.93. The van der Waals surface area contributed by atoms with E-state index in [-0.39, 0.29) is 0 Å². The molecule has 26 heavy (non-hydrogen) atoms. The fourth-order valence-corrected chi connectivity index (χ4v) is 4.26. The van der Waals surface area contributed by atoms with E-state index in [0.717, 1.165) is 21.6 Å². The van der Waals surface area contributed by atoms with Gasteiger partial charge in [-0.1, -0.05) is 41.5 Å². The molecule has 0 heterocycles. The average Bonchev–Trinajstić information content (AvgIpc) is 2.65. The fraction of sp³-hybridized carbons (Fsp3) is 0.261. The van der Waals surface area contributed by atoms with Crippen molar-refractivity contribution in [2.45, 2.75) is 48.8 Å². The number of benzene rings is 2. The largest absolute Gasteiger partial charge is 0.249 e. The van der Waals surface area contributed by atoms with E-state index in [9.17, 15) is 9.47 Å². The summed E-state index contributed by atoms with van der Waals surface area (Å²) in [5, 5.41) is 10.1. The molecule has 132 valence electrons. The summed E-state index contributed by atoms with van der Waals surface area (Å²) >= 11 is 0. The lowest BCUT2D eigenvalue weighted by Crippen LogP contribution is -2.26. The van der Waals surface area contributed by atoms with E-state index in [2.05, 4.69) is 24.5 Å². The van der Waals surface area contributed by atoms with E-state index in [1.165, 1.54) is 0 Å². The molecule has 2 nitrogen and oxygen atoms in total. The first-order valence-electron chi connectivity index (χ1n) is 8.47. The van der Waals surface area contributed by atoms with Gasteiger partial charge in [-0.25, -0.2) is 4.21 Å². The summed E-state index contributed by atoms with van der Waals surface area (Å²) in [7, 11) is -1.36. The van der Waals surface area contributed by atoms with Crippen molar-refractivity contribution in [3.05, 3.63) is 71.8 Å². The number of nitriles is 1. The lowest BCUT2D eigenvalue weighted by molar-refractivity contribution is 0.547. The van der Waals surface area contributed by atoms with Crippen LogP contribution in [0.5, 0.6) is 0 Å². The Morgan fingerprint density at radius 1 is 1.19 bits per heavy atom. The van der Waals surface area contributed by atoms with Gasteiger partial charge in [0.1, 0.15) is 0 Å². The molecule has 0 N–H and O–H groups in total. The summed E-state index contributed by atoms with van der Waals surface area (Å²) in [6.45, 7) is 9.66. The first-order valence-corrected chi connectivity index (χ1v) is 9.61. The molecular formula is C23H23NOS. The molecule has 0 aliphatic heterocycles. The van der Waals surface area contributed by atoms with Gasteiger partial charge in [-0.3, -0.25) is 0 Å². The molecule has 0 fully saturated rings. The number of hydrogen-bond acceptors (Lipinski definition) is 2. The molecule has 0 aliphatic carbocycles. The second-order valence-electron chi connectivity index (χ2n) is 6.51. The van der Waals surface area contributed by atoms with Crippen molar-refractivity contribution in [2.75, 3.05) is 0 Å². The van der Waals surface area contributed by atoms with Gasteiger partial charge in [-0.2, -0.15) is 5.26 Å². The minimum absolute atomic E-state index is 0.384. The zero-order chi connectivity index (χ0) is 19.2. The van der Waals surface area contributed by atoms with Crippen LogP contribution < -0.4 is 0 Å². The third-order valence-electron chi connectivity index (χ3n) is 4.22. The van der Waals surface area contributed by atoms with Gasteiger partial charge in [0.15, 0.2) is 0 Å². The molecule has 0 aliphatic rings. The van der Waals surface area contributed by atoms with Crippen molar-refractivity contribution in [3.8, 4) is 17.9 Å². The van der Waals surface area contributed by atoms with Gasteiger partial charge in [0.2, 0.25) is 0 Å². The van der Waals surface area contributed by atoms with Crippen LogP contribution in [0.15, 0.2) is 70.5 Å². The number of nitrogens with zero attached hydrogens (tertiary/aromatic N) is 1. The first-order chi connectivity index (χ1) is 12.4. The summed E-state index contributed by atoms with van der Waals surface area (Å²) in [5.41, 5.74) is 1.93. The average molecular weight is 362 g/mol. The number of rotatable bonds is 6. The Balaban J connectivity index is 2.62. The maximum atomic E-state index is 13.2. The smallest absolute Gasteiger partial charge is 0.0979 e. The van der Waals surface area contributed by atoms with Crippen molar-refractivity contribution < 1.29 is 4.21 Å². The van der Waals surface area contributed by atoms with E-state index in [1.54, 1.807) is 6.92 Å². The number of allylic oxidation sites excluding steroid dienone is 1. The van der Waals surface area contributed by atoms with Crippen LogP contribution in [-0.2, 0) is 16.2 Å². The van der Waals surface area contributed by atoms with E-state index < -0.39 is 16.2 Å². The van der Waals surface area contributed by atoms with Gasteiger partial charge in [-0.15, -0.1) is 18.4 Å². The highest BCUT2D eigenvalue weighted by Gasteiger charge is 2.35. The van der Waals surface area contributed by atoms with Crippen LogP contribution >= 0.6 is 0 Å². The molecule has 1 unspecified atom stereocenters. The van der Waals surface area contributed by atoms with E-state index in [0.29, 0.717) is 17.7 Å². The van der Waals surface area contributed by atoms with Crippen LogP contribution in [0.3, 0.4) is 0 Å². The minimum atomic E-state index is -1.36. The van der Waals surface area contributed by atoms with E-state index >= 15 is 0 Å². The minimum Gasteiger partial charge on any atom is -0.249 e. The number of hydrogen-bond donors (Lipinski definition) is 0. The van der Waals surface area contributed by atoms with Gasteiger partial charge in [0, 0.05) is 16.2 Å². The van der Waals surface area contributed by atoms with Crippen LogP contribution in [0.1, 0.15) is 37.8 Å². The van der Waals surface area contributed by atoms with Crippen molar-refractivity contribution in [3.63, 3.8) is 0 Å². The Kier molecular flexibility index (Phi) is 6.56. The zero-order valence-electron chi connectivity index (χ0n) is 15.5. The van der Waals surface area contributed by atoms with Gasteiger partial charge in [0.25, 0.3) is 0 Å². The van der Waals surface area contributed by atoms with E-state index in [4.69, 9.17) is 0 Å². The third-order valence-corrected chi connectivity index (χ3v) is 5.68. The standard InChI is InChI=1S/C23H23NOS/c1-5-6-15-23(17-24,16-18(2)3)21-9-7-8-10-22(21)26(25)20-13-11-19(4)12-14-20/h7-14H,2,15-16H2,1,3-4H3/t23-,26?/m1/s1. The molecule has 0 bridgehead atoms. The van der Waals surface area contributed by atoms with Gasteiger partial charge < -0.3 is 0 Å². The Morgan fingerprint density at radius 3 is 2.42 bits per heavy atom. The van der Waals surface area contributed by atoms with Gasteiger partial charge in [-0.05, 0) is 51.0 Å². The molecule has 2 aromatic rings. The highest BCUT2D eigenvalue weighted by Crippen LogP contribution is 2.38. The molecule has 2 atom stereocenters. The SMILES string of the molecule is C=C(C)C[C@@](C#N)(CC#CC)c1ccccc1S(=O)c1ccc(C)cc1. The Morgan fingerprint density at radius 2 is 1.85 bits per heavy atom. The maximum absolute atomic E-state index is 13.2. The summed E-state index contributed by atoms with van der Waals surface area (Å²) < 4.78 is 13.2. The molecule has 0 saturated heterocycles. The molecule has 0 spiro atoms. The lowest BCUT2D eigenvalue weighted by Gasteiger charge is -2.27. The normalized spacial score (nSPS) is 13.6. The van der Waals surface area contributed by atoms with Crippen molar-refractivity contribution in [1.82, 2.24) is 0 Å². The third kappa shape index (κ3) is 4.31. The monoisotopic (exact) mass is 361 g/mol. The highest BCUT2D eigenvalue weighted by atomic mass is 32.2. The molecule has 2 aromatic carbocycles. The van der Waals surface area contributed by atoms with Crippen molar-refractivity contribution in [2.24, 2.45) is 0 Å². The Bertz CT molecular complexity index is 925. The molecule has 0 radical (unpaired) electrons. The Labute approximate surface area is 159 Å². The lowest BCUT2D eigenvalue weighted by atomic mass is 9.74. The van der Waals surface area contributed by atoms with Crippen LogP contribution in [0.25, 0.3) is 0 Å². The predicted octanol–water partition coefficient (Wildman–Crippen LogP) is 5.30. The highest BCUT2D eigenvalue weighted by molar-refractivity contribution is 7.85. The van der Waals surface area contributed by atoms with E-state index in [1.807, 2.05) is 62.4 Å². The van der Waals surface area contributed by atoms with Crippen LogP contribution in [0, 0.1) is 30.1 Å². The van der Waals surface area contributed by atoms with Crippen LogP contribution in [-0.4, -0.2) is 4.21 Å². The molecular weight excluding hydrogens is 338 g/mol. The summed E-state index contributed by atoms with van der Waals surface area (Å²) in [6.07, 6.45) is 0.870. The van der Waals surface area contributed by atoms with Crippen molar-refractivity contribution >= 4 is 10.8 Å².